The Balaban J connectivity index is 1.75. The second-order valence-electron chi connectivity index (χ2n) is 7.11. The highest BCUT2D eigenvalue weighted by atomic mass is 35.5. The summed E-state index contributed by atoms with van der Waals surface area (Å²) in [5, 5.41) is 4.24. The fourth-order valence-electron chi connectivity index (χ4n) is 2.99. The maximum absolute atomic E-state index is 14.2. The molecule has 3 aromatic rings. The van der Waals surface area contributed by atoms with E-state index in [1.165, 1.54) is 48.7 Å². The molecule has 0 bridgehead atoms. The van der Waals surface area contributed by atoms with Crippen LogP contribution in [0.2, 0.25) is 5.02 Å². The zero-order valence-corrected chi connectivity index (χ0v) is 19.9. The molecule has 3 rings (SSSR count). The summed E-state index contributed by atoms with van der Waals surface area (Å²) in [6.45, 7) is 1.52. The van der Waals surface area contributed by atoms with Crippen LogP contribution in [0.15, 0.2) is 82.8 Å². The van der Waals surface area contributed by atoms with E-state index in [1.807, 2.05) is 6.92 Å². The largest absolute Gasteiger partial charge is 0.494 e. The van der Waals surface area contributed by atoms with Crippen molar-refractivity contribution >= 4 is 33.7 Å². The molecule has 34 heavy (non-hydrogen) atoms. The number of amides is 1. The molecule has 10 heteroatoms. The SMILES string of the molecule is CCOc1ccc(/C=N\NC(=O)CN(Cc2ccccc2F)S(=O)(=O)c2ccc(Cl)cc2)cc1. The summed E-state index contributed by atoms with van der Waals surface area (Å²) < 4.78 is 46.9. The average Bonchev–Trinajstić information content (AvgIpc) is 2.81. The Labute approximate surface area is 202 Å². The highest BCUT2D eigenvalue weighted by Gasteiger charge is 2.27. The van der Waals surface area contributed by atoms with Crippen LogP contribution in [0.1, 0.15) is 18.1 Å². The predicted octanol–water partition coefficient (Wildman–Crippen LogP) is 4.22. The summed E-state index contributed by atoms with van der Waals surface area (Å²) in [6, 6.07) is 18.3. The lowest BCUT2D eigenvalue weighted by Crippen LogP contribution is -2.39. The van der Waals surface area contributed by atoms with Crippen LogP contribution >= 0.6 is 11.6 Å². The molecule has 1 amide bonds. The number of benzene rings is 3. The number of hydrogen-bond acceptors (Lipinski definition) is 5. The van der Waals surface area contributed by atoms with Crippen molar-refractivity contribution in [3.05, 3.63) is 94.8 Å². The number of ether oxygens (including phenoxy) is 1. The van der Waals surface area contributed by atoms with Crippen LogP contribution in [0.25, 0.3) is 0 Å². The molecule has 0 atom stereocenters. The number of sulfonamides is 1. The van der Waals surface area contributed by atoms with Gasteiger partial charge in [0.15, 0.2) is 0 Å². The van der Waals surface area contributed by atoms with E-state index in [4.69, 9.17) is 16.3 Å². The van der Waals surface area contributed by atoms with Crippen LogP contribution in [0.4, 0.5) is 4.39 Å². The molecule has 0 heterocycles. The quantitative estimate of drug-likeness (QED) is 0.331. The van der Waals surface area contributed by atoms with Gasteiger partial charge in [-0.2, -0.15) is 9.41 Å². The van der Waals surface area contributed by atoms with E-state index in [0.29, 0.717) is 22.9 Å². The average molecular weight is 504 g/mol. The molecule has 1 N–H and O–H groups in total. The molecule has 7 nitrogen and oxygen atoms in total. The van der Waals surface area contributed by atoms with Gasteiger partial charge in [-0.3, -0.25) is 4.79 Å². The molecule has 178 valence electrons. The summed E-state index contributed by atoms with van der Waals surface area (Å²) in [5.41, 5.74) is 3.15. The molecule has 3 aromatic carbocycles. The van der Waals surface area contributed by atoms with Crippen LogP contribution in [0.5, 0.6) is 5.75 Å². The number of rotatable bonds is 10. The fraction of sp³-hybridized carbons (Fsp3) is 0.167. The second-order valence-corrected chi connectivity index (χ2v) is 9.49. The molecule has 0 saturated carbocycles. The first kappa shape index (κ1) is 25.4. The molecule has 0 unspecified atom stereocenters. The highest BCUT2D eigenvalue weighted by Crippen LogP contribution is 2.21. The summed E-state index contributed by atoms with van der Waals surface area (Å²) in [5.74, 6) is -0.552. The minimum absolute atomic E-state index is 0.0704. The van der Waals surface area contributed by atoms with Crippen molar-refractivity contribution < 1.29 is 22.3 Å². The third kappa shape index (κ3) is 6.86. The molecule has 0 aromatic heterocycles. The monoisotopic (exact) mass is 503 g/mol. The van der Waals surface area contributed by atoms with E-state index in [1.54, 1.807) is 30.3 Å². The van der Waals surface area contributed by atoms with E-state index in [9.17, 15) is 17.6 Å². The van der Waals surface area contributed by atoms with Crippen molar-refractivity contribution in [1.29, 1.82) is 0 Å². The molecule has 0 saturated heterocycles. The molecule has 0 spiro atoms. The summed E-state index contributed by atoms with van der Waals surface area (Å²) in [6.07, 6.45) is 1.42. The number of carbonyl (C=O) groups excluding carboxylic acids is 1. The van der Waals surface area contributed by atoms with Crippen molar-refractivity contribution in [2.75, 3.05) is 13.2 Å². The minimum Gasteiger partial charge on any atom is -0.494 e. The van der Waals surface area contributed by atoms with Crippen LogP contribution in [-0.2, 0) is 21.4 Å². The van der Waals surface area contributed by atoms with Crippen molar-refractivity contribution in [2.24, 2.45) is 5.10 Å². The van der Waals surface area contributed by atoms with Crippen LogP contribution in [0.3, 0.4) is 0 Å². The molecule has 0 aliphatic carbocycles. The second kappa shape index (κ2) is 11.7. The van der Waals surface area contributed by atoms with Gasteiger partial charge in [-0.1, -0.05) is 29.8 Å². The number of nitrogens with zero attached hydrogens (tertiary/aromatic N) is 2. The van der Waals surface area contributed by atoms with Gasteiger partial charge in [0.1, 0.15) is 11.6 Å². The van der Waals surface area contributed by atoms with Gasteiger partial charge in [0.25, 0.3) is 5.91 Å². The van der Waals surface area contributed by atoms with Crippen molar-refractivity contribution in [1.82, 2.24) is 9.73 Å². The summed E-state index contributed by atoms with van der Waals surface area (Å²) >= 11 is 5.86. The first-order chi connectivity index (χ1) is 16.3. The maximum atomic E-state index is 14.2. The first-order valence-corrected chi connectivity index (χ1v) is 12.2. The Bertz CT molecular complexity index is 1250. The van der Waals surface area contributed by atoms with Crippen LogP contribution < -0.4 is 10.2 Å². The van der Waals surface area contributed by atoms with Crippen LogP contribution in [0, 0.1) is 5.82 Å². The molecule has 0 fully saturated rings. The standard InChI is InChI=1S/C24H23ClFN3O4S/c1-2-33-21-11-7-18(8-12-21)15-27-28-24(30)17-29(16-19-5-3-4-6-23(19)26)34(31,32)22-13-9-20(25)10-14-22/h3-15H,2,16-17H2,1H3,(H,28,30)/b27-15-. The Kier molecular flexibility index (Phi) is 8.75. The zero-order chi connectivity index (χ0) is 24.6. The van der Waals surface area contributed by atoms with Crippen molar-refractivity contribution in [2.45, 2.75) is 18.4 Å². The zero-order valence-electron chi connectivity index (χ0n) is 18.3. The minimum atomic E-state index is -4.13. The number of carbonyl (C=O) groups is 1. The van der Waals surface area contributed by atoms with E-state index in [2.05, 4.69) is 10.5 Å². The smallest absolute Gasteiger partial charge is 0.255 e. The van der Waals surface area contributed by atoms with E-state index < -0.39 is 28.3 Å². The van der Waals surface area contributed by atoms with Crippen molar-refractivity contribution in [3.8, 4) is 5.75 Å². The van der Waals surface area contributed by atoms with E-state index >= 15 is 0 Å². The van der Waals surface area contributed by atoms with Gasteiger partial charge in [0.2, 0.25) is 10.0 Å². The van der Waals surface area contributed by atoms with Gasteiger partial charge in [0, 0.05) is 17.1 Å². The summed E-state index contributed by atoms with van der Waals surface area (Å²) in [7, 11) is -4.13. The van der Waals surface area contributed by atoms with E-state index in [0.717, 1.165) is 4.31 Å². The van der Waals surface area contributed by atoms with Crippen LogP contribution in [-0.4, -0.2) is 38.0 Å². The summed E-state index contributed by atoms with van der Waals surface area (Å²) in [4.78, 5) is 12.5. The topological polar surface area (TPSA) is 88.1 Å². The van der Waals surface area contributed by atoms with Gasteiger partial charge < -0.3 is 4.74 Å². The first-order valence-electron chi connectivity index (χ1n) is 10.3. The molecular formula is C24H23ClFN3O4S. The Morgan fingerprint density at radius 1 is 1.09 bits per heavy atom. The Morgan fingerprint density at radius 3 is 2.41 bits per heavy atom. The van der Waals surface area contributed by atoms with Gasteiger partial charge in [-0.25, -0.2) is 18.2 Å². The van der Waals surface area contributed by atoms with Gasteiger partial charge >= 0.3 is 0 Å². The number of halogens is 2. The molecule has 0 aliphatic heterocycles. The van der Waals surface area contributed by atoms with Gasteiger partial charge in [-0.05, 0) is 67.1 Å². The Morgan fingerprint density at radius 2 is 1.76 bits per heavy atom. The van der Waals surface area contributed by atoms with Gasteiger partial charge in [-0.15, -0.1) is 0 Å². The Hall–Kier alpha value is -3.27. The lowest BCUT2D eigenvalue weighted by atomic mass is 10.2. The third-order valence-electron chi connectivity index (χ3n) is 4.67. The van der Waals surface area contributed by atoms with E-state index in [-0.39, 0.29) is 17.0 Å². The molecular weight excluding hydrogens is 481 g/mol. The number of hydrogen-bond donors (Lipinski definition) is 1. The normalized spacial score (nSPS) is 11.6. The maximum Gasteiger partial charge on any atom is 0.255 e. The number of hydrazone groups is 1. The molecule has 0 aliphatic rings. The highest BCUT2D eigenvalue weighted by molar-refractivity contribution is 7.89. The number of nitrogens with one attached hydrogen (secondary N) is 1. The third-order valence-corrected chi connectivity index (χ3v) is 6.73. The lowest BCUT2D eigenvalue weighted by Gasteiger charge is -2.21. The predicted molar refractivity (Wildman–Crippen MR) is 129 cm³/mol. The van der Waals surface area contributed by atoms with Crippen molar-refractivity contribution in [3.63, 3.8) is 0 Å². The molecule has 0 radical (unpaired) electrons. The lowest BCUT2D eigenvalue weighted by molar-refractivity contribution is -0.121. The van der Waals surface area contributed by atoms with Gasteiger partial charge in [0.05, 0.1) is 24.3 Å². The fourth-order valence-corrected chi connectivity index (χ4v) is 4.49.